The van der Waals surface area contributed by atoms with Gasteiger partial charge in [-0.05, 0) is 70.1 Å². The molecule has 3 heterocycles. The highest BCUT2D eigenvalue weighted by molar-refractivity contribution is 4.94. The van der Waals surface area contributed by atoms with E-state index in [0.29, 0.717) is 6.04 Å². The standard InChI is InChI=1S/C21H40N4/c1-3-7-19(8-4-1)25-14-11-23-21(17-25)20-15-22-10-9-18(20)16-24-12-5-2-6-13-24/h18-23H,1-17H2. The third-order valence-electron chi connectivity index (χ3n) is 7.46. The minimum atomic E-state index is 0.707. The lowest BCUT2D eigenvalue weighted by molar-refractivity contribution is 0.0616. The second kappa shape index (κ2) is 9.16. The van der Waals surface area contributed by atoms with Crippen molar-refractivity contribution in [3.8, 4) is 0 Å². The first kappa shape index (κ1) is 18.2. The van der Waals surface area contributed by atoms with E-state index >= 15 is 0 Å². The van der Waals surface area contributed by atoms with Gasteiger partial charge in [-0.15, -0.1) is 0 Å². The van der Waals surface area contributed by atoms with Crippen LogP contribution in [0.1, 0.15) is 57.8 Å². The summed E-state index contributed by atoms with van der Waals surface area (Å²) in [6, 6.07) is 1.59. The monoisotopic (exact) mass is 348 g/mol. The summed E-state index contributed by atoms with van der Waals surface area (Å²) in [4.78, 5) is 5.63. The number of nitrogens with one attached hydrogen (secondary N) is 2. The molecule has 1 saturated carbocycles. The predicted octanol–water partition coefficient (Wildman–Crippen LogP) is 2.30. The molecule has 0 bridgehead atoms. The Morgan fingerprint density at radius 1 is 0.800 bits per heavy atom. The second-order valence-electron chi connectivity index (χ2n) is 9.13. The molecule has 3 saturated heterocycles. The summed E-state index contributed by atoms with van der Waals surface area (Å²) >= 11 is 0. The van der Waals surface area contributed by atoms with E-state index in [1.807, 2.05) is 0 Å². The normalized spacial score (nSPS) is 37.2. The lowest BCUT2D eigenvalue weighted by Crippen LogP contribution is -2.61. The molecule has 1 aliphatic carbocycles. The van der Waals surface area contributed by atoms with Crippen LogP contribution in [0.15, 0.2) is 0 Å². The second-order valence-corrected chi connectivity index (χ2v) is 9.13. The summed E-state index contributed by atoms with van der Waals surface area (Å²) in [7, 11) is 0. The fourth-order valence-corrected chi connectivity index (χ4v) is 5.97. The molecule has 0 spiro atoms. The lowest BCUT2D eigenvalue weighted by atomic mass is 9.79. The van der Waals surface area contributed by atoms with Crippen LogP contribution in [0.4, 0.5) is 0 Å². The van der Waals surface area contributed by atoms with Crippen molar-refractivity contribution in [1.82, 2.24) is 20.4 Å². The van der Waals surface area contributed by atoms with Crippen LogP contribution >= 0.6 is 0 Å². The number of likely N-dealkylation sites (tertiary alicyclic amines) is 1. The van der Waals surface area contributed by atoms with Crippen molar-refractivity contribution in [3.63, 3.8) is 0 Å². The number of piperidine rings is 2. The molecule has 0 aromatic carbocycles. The zero-order valence-corrected chi connectivity index (χ0v) is 16.2. The summed E-state index contributed by atoms with van der Waals surface area (Å²) in [6.45, 7) is 10.3. The predicted molar refractivity (Wildman–Crippen MR) is 105 cm³/mol. The number of hydrogen-bond donors (Lipinski definition) is 2. The Hall–Kier alpha value is -0.160. The SMILES string of the molecule is C1CCC(N2CCNC(C3CNCCC3CN3CCCCC3)C2)CC1. The van der Waals surface area contributed by atoms with Crippen LogP contribution in [0, 0.1) is 11.8 Å². The average molecular weight is 349 g/mol. The van der Waals surface area contributed by atoms with Crippen LogP contribution < -0.4 is 10.6 Å². The minimum Gasteiger partial charge on any atom is -0.316 e. The fourth-order valence-electron chi connectivity index (χ4n) is 5.97. The highest BCUT2D eigenvalue weighted by atomic mass is 15.2. The van der Waals surface area contributed by atoms with Gasteiger partial charge in [0.15, 0.2) is 0 Å². The molecule has 3 unspecified atom stereocenters. The molecule has 4 heteroatoms. The third-order valence-corrected chi connectivity index (χ3v) is 7.46. The molecule has 0 amide bonds. The van der Waals surface area contributed by atoms with E-state index in [2.05, 4.69) is 20.4 Å². The molecule has 2 N–H and O–H groups in total. The molecule has 144 valence electrons. The number of hydrogen-bond acceptors (Lipinski definition) is 4. The van der Waals surface area contributed by atoms with Gasteiger partial charge in [0, 0.05) is 38.3 Å². The first-order valence-electron chi connectivity index (χ1n) is 11.3. The van der Waals surface area contributed by atoms with E-state index in [0.717, 1.165) is 17.9 Å². The van der Waals surface area contributed by atoms with Gasteiger partial charge in [-0.2, -0.15) is 0 Å². The number of piperazine rings is 1. The zero-order valence-electron chi connectivity index (χ0n) is 16.2. The molecule has 4 nitrogen and oxygen atoms in total. The highest BCUT2D eigenvalue weighted by Gasteiger charge is 2.36. The Kier molecular flexibility index (Phi) is 6.68. The van der Waals surface area contributed by atoms with Crippen LogP contribution in [0.25, 0.3) is 0 Å². The van der Waals surface area contributed by atoms with Gasteiger partial charge in [0.05, 0.1) is 0 Å². The van der Waals surface area contributed by atoms with Crippen LogP contribution in [0.5, 0.6) is 0 Å². The Balaban J connectivity index is 1.35. The molecule has 3 aliphatic heterocycles. The molecule has 0 aromatic rings. The third kappa shape index (κ3) is 4.77. The van der Waals surface area contributed by atoms with Gasteiger partial charge in [-0.25, -0.2) is 0 Å². The quantitative estimate of drug-likeness (QED) is 0.816. The lowest BCUT2D eigenvalue weighted by Gasteiger charge is -2.46. The van der Waals surface area contributed by atoms with Crippen molar-refractivity contribution in [2.75, 3.05) is 52.4 Å². The molecule has 0 aromatic heterocycles. The van der Waals surface area contributed by atoms with E-state index in [1.165, 1.54) is 110 Å². The number of nitrogens with zero attached hydrogens (tertiary/aromatic N) is 2. The average Bonchev–Trinajstić information content (AvgIpc) is 2.70. The minimum absolute atomic E-state index is 0.707. The van der Waals surface area contributed by atoms with E-state index in [9.17, 15) is 0 Å². The van der Waals surface area contributed by atoms with E-state index < -0.39 is 0 Å². The topological polar surface area (TPSA) is 30.5 Å². The summed E-state index contributed by atoms with van der Waals surface area (Å²) in [5.41, 5.74) is 0. The molecular formula is C21H40N4. The maximum atomic E-state index is 3.92. The van der Waals surface area contributed by atoms with Crippen molar-refractivity contribution in [1.29, 1.82) is 0 Å². The van der Waals surface area contributed by atoms with E-state index in [-0.39, 0.29) is 0 Å². The van der Waals surface area contributed by atoms with Crippen molar-refractivity contribution in [2.45, 2.75) is 69.9 Å². The van der Waals surface area contributed by atoms with Gasteiger partial charge in [-0.1, -0.05) is 25.7 Å². The number of rotatable bonds is 4. The van der Waals surface area contributed by atoms with Crippen LogP contribution in [0.2, 0.25) is 0 Å². The molecule has 0 radical (unpaired) electrons. The van der Waals surface area contributed by atoms with Crippen LogP contribution in [-0.4, -0.2) is 74.2 Å². The van der Waals surface area contributed by atoms with Crippen LogP contribution in [0.3, 0.4) is 0 Å². The van der Waals surface area contributed by atoms with E-state index in [4.69, 9.17) is 0 Å². The van der Waals surface area contributed by atoms with Crippen molar-refractivity contribution < 1.29 is 0 Å². The van der Waals surface area contributed by atoms with Crippen LogP contribution in [-0.2, 0) is 0 Å². The zero-order chi connectivity index (χ0) is 16.9. The fraction of sp³-hybridized carbons (Fsp3) is 1.00. The Morgan fingerprint density at radius 3 is 2.44 bits per heavy atom. The molecule has 4 fully saturated rings. The largest absolute Gasteiger partial charge is 0.316 e. The van der Waals surface area contributed by atoms with Crippen molar-refractivity contribution in [2.24, 2.45) is 11.8 Å². The molecule has 4 rings (SSSR count). The Bertz CT molecular complexity index is 389. The van der Waals surface area contributed by atoms with Gasteiger partial charge >= 0.3 is 0 Å². The van der Waals surface area contributed by atoms with Gasteiger partial charge in [-0.3, -0.25) is 4.90 Å². The first-order chi connectivity index (χ1) is 12.4. The Labute approximate surface area is 155 Å². The highest BCUT2D eigenvalue weighted by Crippen LogP contribution is 2.29. The molecule has 25 heavy (non-hydrogen) atoms. The van der Waals surface area contributed by atoms with Gasteiger partial charge in [0.1, 0.15) is 0 Å². The summed E-state index contributed by atoms with van der Waals surface area (Å²) in [5, 5.41) is 7.64. The maximum Gasteiger partial charge on any atom is 0.0239 e. The van der Waals surface area contributed by atoms with Crippen molar-refractivity contribution in [3.05, 3.63) is 0 Å². The van der Waals surface area contributed by atoms with Gasteiger partial charge in [0.2, 0.25) is 0 Å². The van der Waals surface area contributed by atoms with E-state index in [1.54, 1.807) is 0 Å². The summed E-state index contributed by atoms with van der Waals surface area (Å²) in [6.07, 6.45) is 13.0. The Morgan fingerprint density at radius 2 is 1.60 bits per heavy atom. The molecule has 4 aliphatic rings. The maximum absolute atomic E-state index is 3.92. The van der Waals surface area contributed by atoms with Gasteiger partial charge < -0.3 is 15.5 Å². The first-order valence-corrected chi connectivity index (χ1v) is 11.3. The van der Waals surface area contributed by atoms with Gasteiger partial charge in [0.25, 0.3) is 0 Å². The summed E-state index contributed by atoms with van der Waals surface area (Å²) in [5.74, 6) is 1.71. The summed E-state index contributed by atoms with van der Waals surface area (Å²) < 4.78 is 0. The molecule has 3 atom stereocenters. The smallest absolute Gasteiger partial charge is 0.0239 e. The van der Waals surface area contributed by atoms with Crippen molar-refractivity contribution >= 4 is 0 Å². The molecular weight excluding hydrogens is 308 g/mol.